The Morgan fingerprint density at radius 1 is 1.22 bits per heavy atom. The van der Waals surface area contributed by atoms with Gasteiger partial charge in [-0.05, 0) is 51.0 Å². The number of aryl methyl sites for hydroxylation is 1. The third kappa shape index (κ3) is 4.42. The number of ether oxygens (including phenoxy) is 1. The van der Waals surface area contributed by atoms with Crippen molar-refractivity contribution in [2.75, 3.05) is 13.2 Å². The topological polar surface area (TPSA) is 77.4 Å². The number of benzene rings is 1. The van der Waals surface area contributed by atoms with Crippen molar-refractivity contribution >= 4 is 17.7 Å². The second kappa shape index (κ2) is 7.73. The van der Waals surface area contributed by atoms with Crippen LogP contribution in [0, 0.1) is 19.7 Å². The fourth-order valence-corrected chi connectivity index (χ4v) is 3.11. The Kier molecular flexibility index (Phi) is 5.39. The number of carbonyl (C=O) groups excluding carboxylic acids is 3. The van der Waals surface area contributed by atoms with Crippen LogP contribution in [0.3, 0.4) is 0 Å². The number of Topliss-reactive ketones (excluding diaryl/α,β-unsaturated/α-hetero) is 1. The van der Waals surface area contributed by atoms with E-state index in [0.717, 1.165) is 30.3 Å². The fourth-order valence-electron chi connectivity index (χ4n) is 3.11. The lowest BCUT2D eigenvalue weighted by Crippen LogP contribution is -2.31. The summed E-state index contributed by atoms with van der Waals surface area (Å²) in [6.45, 7) is 3.06. The molecule has 0 bridgehead atoms. The van der Waals surface area contributed by atoms with Gasteiger partial charge in [0.1, 0.15) is 12.4 Å². The van der Waals surface area contributed by atoms with Gasteiger partial charge in [-0.3, -0.25) is 14.4 Å². The van der Waals surface area contributed by atoms with Crippen molar-refractivity contribution in [3.05, 3.63) is 58.7 Å². The van der Waals surface area contributed by atoms with Crippen molar-refractivity contribution in [2.45, 2.75) is 32.7 Å². The molecule has 2 aromatic rings. The van der Waals surface area contributed by atoms with Crippen LogP contribution in [-0.2, 0) is 9.53 Å². The second-order valence-corrected chi connectivity index (χ2v) is 6.66. The predicted molar refractivity (Wildman–Crippen MR) is 96.2 cm³/mol. The van der Waals surface area contributed by atoms with E-state index >= 15 is 0 Å². The van der Waals surface area contributed by atoms with Crippen molar-refractivity contribution in [2.24, 2.45) is 0 Å². The summed E-state index contributed by atoms with van der Waals surface area (Å²) in [7, 11) is 0. The molecular formula is C20H21FN2O4. The predicted octanol–water partition coefficient (Wildman–Crippen LogP) is 2.73. The zero-order valence-electron chi connectivity index (χ0n) is 15.3. The van der Waals surface area contributed by atoms with Crippen LogP contribution >= 0.6 is 0 Å². The van der Waals surface area contributed by atoms with Gasteiger partial charge in [0.05, 0.1) is 0 Å². The summed E-state index contributed by atoms with van der Waals surface area (Å²) in [4.78, 5) is 36.0. The Hall–Kier alpha value is -2.96. The molecule has 1 heterocycles. The third-order valence-electron chi connectivity index (χ3n) is 4.54. The molecule has 1 aliphatic carbocycles. The van der Waals surface area contributed by atoms with Gasteiger partial charge in [0.15, 0.2) is 6.61 Å². The maximum atomic E-state index is 13.1. The standard InChI is InChI=1S/C20H21FN2O4/c1-12-8-17(13(2)23(12)16-6-7-16)18(24)11-27-19(25)10-22-20(26)14-4-3-5-15(21)9-14/h3-5,8-9,16H,6-7,10-11H2,1-2H3,(H,22,26). The van der Waals surface area contributed by atoms with E-state index in [9.17, 15) is 18.8 Å². The number of amides is 1. The van der Waals surface area contributed by atoms with Crippen LogP contribution in [0.1, 0.15) is 51.0 Å². The summed E-state index contributed by atoms with van der Waals surface area (Å²) in [6, 6.07) is 7.40. The summed E-state index contributed by atoms with van der Waals surface area (Å²) < 4.78 is 20.2. The minimum Gasteiger partial charge on any atom is -0.456 e. The number of nitrogens with zero attached hydrogens (tertiary/aromatic N) is 1. The molecule has 0 spiro atoms. The Bertz CT molecular complexity index is 899. The maximum absolute atomic E-state index is 13.1. The first-order chi connectivity index (χ1) is 12.9. The molecule has 7 heteroatoms. The fraction of sp³-hybridized carbons (Fsp3) is 0.350. The van der Waals surface area contributed by atoms with E-state index in [4.69, 9.17) is 4.74 Å². The van der Waals surface area contributed by atoms with E-state index in [-0.39, 0.29) is 18.0 Å². The Balaban J connectivity index is 1.50. The number of hydrogen-bond donors (Lipinski definition) is 1. The zero-order chi connectivity index (χ0) is 19.6. The van der Waals surface area contributed by atoms with Crippen LogP contribution in [0.2, 0.25) is 0 Å². The molecule has 0 atom stereocenters. The van der Waals surface area contributed by atoms with Crippen LogP contribution in [0.5, 0.6) is 0 Å². The summed E-state index contributed by atoms with van der Waals surface area (Å²) in [5, 5.41) is 2.34. The first-order valence-corrected chi connectivity index (χ1v) is 8.78. The van der Waals surface area contributed by atoms with Gasteiger partial charge in [0, 0.05) is 28.6 Å². The first kappa shape index (κ1) is 18.8. The molecule has 1 aromatic heterocycles. The number of halogens is 1. The van der Waals surface area contributed by atoms with E-state index in [1.54, 1.807) is 0 Å². The SMILES string of the molecule is Cc1cc(C(=O)COC(=O)CNC(=O)c2cccc(F)c2)c(C)n1C1CC1. The van der Waals surface area contributed by atoms with Crippen molar-refractivity contribution in [3.63, 3.8) is 0 Å². The van der Waals surface area contributed by atoms with Crippen LogP contribution in [0.25, 0.3) is 0 Å². The minimum absolute atomic E-state index is 0.103. The van der Waals surface area contributed by atoms with Gasteiger partial charge in [0.25, 0.3) is 5.91 Å². The molecule has 1 amide bonds. The summed E-state index contributed by atoms with van der Waals surface area (Å²) in [5.74, 6) is -2.14. The lowest BCUT2D eigenvalue weighted by atomic mass is 10.1. The molecule has 3 rings (SSSR count). The maximum Gasteiger partial charge on any atom is 0.325 e. The average molecular weight is 372 g/mol. The summed E-state index contributed by atoms with van der Waals surface area (Å²) in [5.41, 5.74) is 2.56. The molecule has 1 saturated carbocycles. The third-order valence-corrected chi connectivity index (χ3v) is 4.54. The highest BCUT2D eigenvalue weighted by Crippen LogP contribution is 2.38. The lowest BCUT2D eigenvalue weighted by molar-refractivity contribution is -0.141. The van der Waals surface area contributed by atoms with Crippen molar-refractivity contribution in [3.8, 4) is 0 Å². The molecule has 1 fully saturated rings. The molecule has 142 valence electrons. The highest BCUT2D eigenvalue weighted by atomic mass is 19.1. The van der Waals surface area contributed by atoms with Gasteiger partial charge in [-0.1, -0.05) is 6.07 Å². The van der Waals surface area contributed by atoms with E-state index in [2.05, 4.69) is 9.88 Å². The first-order valence-electron chi connectivity index (χ1n) is 8.78. The van der Waals surface area contributed by atoms with Gasteiger partial charge in [-0.15, -0.1) is 0 Å². The number of aromatic nitrogens is 1. The summed E-state index contributed by atoms with van der Waals surface area (Å²) >= 11 is 0. The monoisotopic (exact) mass is 372 g/mol. The minimum atomic E-state index is -0.732. The number of nitrogens with one attached hydrogen (secondary N) is 1. The smallest absolute Gasteiger partial charge is 0.325 e. The Labute approximate surface area is 156 Å². The van der Waals surface area contributed by atoms with E-state index in [1.807, 2.05) is 19.9 Å². The highest BCUT2D eigenvalue weighted by Gasteiger charge is 2.28. The number of rotatable bonds is 7. The molecule has 0 saturated heterocycles. The molecule has 1 aromatic carbocycles. The Morgan fingerprint density at radius 3 is 2.63 bits per heavy atom. The lowest BCUT2D eigenvalue weighted by Gasteiger charge is -2.08. The number of esters is 1. The second-order valence-electron chi connectivity index (χ2n) is 6.66. The van der Waals surface area contributed by atoms with Gasteiger partial charge in [-0.2, -0.15) is 0 Å². The van der Waals surface area contributed by atoms with Crippen LogP contribution in [0.4, 0.5) is 4.39 Å². The van der Waals surface area contributed by atoms with E-state index in [0.29, 0.717) is 11.6 Å². The normalized spacial score (nSPS) is 13.3. The van der Waals surface area contributed by atoms with E-state index < -0.39 is 24.2 Å². The molecule has 0 radical (unpaired) electrons. The molecule has 1 aliphatic rings. The van der Waals surface area contributed by atoms with Crippen molar-refractivity contribution in [1.29, 1.82) is 0 Å². The average Bonchev–Trinajstić information content (AvgIpc) is 3.42. The van der Waals surface area contributed by atoms with Gasteiger partial charge >= 0.3 is 5.97 Å². The molecule has 27 heavy (non-hydrogen) atoms. The van der Waals surface area contributed by atoms with Gasteiger partial charge in [-0.25, -0.2) is 4.39 Å². The van der Waals surface area contributed by atoms with Crippen LogP contribution in [0.15, 0.2) is 30.3 Å². The van der Waals surface area contributed by atoms with Crippen molar-refractivity contribution in [1.82, 2.24) is 9.88 Å². The molecule has 0 unspecified atom stereocenters. The van der Waals surface area contributed by atoms with Crippen LogP contribution < -0.4 is 5.32 Å². The molecular weight excluding hydrogens is 351 g/mol. The molecule has 1 N–H and O–H groups in total. The largest absolute Gasteiger partial charge is 0.456 e. The van der Waals surface area contributed by atoms with Gasteiger partial charge in [0.2, 0.25) is 5.78 Å². The van der Waals surface area contributed by atoms with Crippen molar-refractivity contribution < 1.29 is 23.5 Å². The number of ketones is 1. The number of carbonyl (C=O) groups is 3. The van der Waals surface area contributed by atoms with Gasteiger partial charge < -0.3 is 14.6 Å². The molecule has 0 aliphatic heterocycles. The quantitative estimate of drug-likeness (QED) is 0.599. The van der Waals surface area contributed by atoms with E-state index in [1.165, 1.54) is 18.2 Å². The Morgan fingerprint density at radius 2 is 1.96 bits per heavy atom. The molecule has 6 nitrogen and oxygen atoms in total. The van der Waals surface area contributed by atoms with Crippen LogP contribution in [-0.4, -0.2) is 35.4 Å². The number of hydrogen-bond acceptors (Lipinski definition) is 4. The summed E-state index contributed by atoms with van der Waals surface area (Å²) in [6.07, 6.45) is 2.23. The zero-order valence-corrected chi connectivity index (χ0v) is 15.3. The highest BCUT2D eigenvalue weighted by molar-refractivity contribution is 6.00.